The van der Waals surface area contributed by atoms with Crippen molar-refractivity contribution in [1.29, 1.82) is 0 Å². The third-order valence-electron chi connectivity index (χ3n) is 2.93. The first-order chi connectivity index (χ1) is 8.80. The molecule has 0 saturated heterocycles. The molecule has 18 heavy (non-hydrogen) atoms. The minimum absolute atomic E-state index is 0.581. The quantitative estimate of drug-likeness (QED) is 0.544. The second-order valence-electron chi connectivity index (χ2n) is 4.26. The van der Waals surface area contributed by atoms with Crippen LogP contribution in [0.4, 0.5) is 0 Å². The van der Waals surface area contributed by atoms with E-state index < -0.39 is 0 Å². The number of hydrogen-bond donors (Lipinski definition) is 0. The molecule has 0 aromatic heterocycles. The lowest BCUT2D eigenvalue weighted by Gasteiger charge is -2.13. The predicted molar refractivity (Wildman–Crippen MR) is 78.2 cm³/mol. The lowest BCUT2D eigenvalue weighted by atomic mass is 10.1. The van der Waals surface area contributed by atoms with Gasteiger partial charge < -0.3 is 4.74 Å². The summed E-state index contributed by atoms with van der Waals surface area (Å²) in [5.41, 5.74) is 0.988. The summed E-state index contributed by atoms with van der Waals surface area (Å²) < 4.78 is 5.80. The summed E-state index contributed by atoms with van der Waals surface area (Å²) in [6, 6.07) is 7.94. The molecule has 0 spiro atoms. The molecule has 0 aliphatic heterocycles. The largest absolute Gasteiger partial charge is 0.493 e. The summed E-state index contributed by atoms with van der Waals surface area (Å²) in [6.07, 6.45) is 3.04. The molecule has 0 fully saturated rings. The van der Waals surface area contributed by atoms with Gasteiger partial charge in [0.15, 0.2) is 0 Å². The third kappa shape index (κ3) is 5.47. The second kappa shape index (κ2) is 8.89. The van der Waals surface area contributed by atoms with Gasteiger partial charge in [-0.05, 0) is 24.1 Å². The minimum Gasteiger partial charge on any atom is -0.493 e. The van der Waals surface area contributed by atoms with Gasteiger partial charge >= 0.3 is 0 Å². The molecule has 0 bridgehead atoms. The van der Waals surface area contributed by atoms with Crippen LogP contribution in [0.25, 0.3) is 0 Å². The van der Waals surface area contributed by atoms with Crippen molar-refractivity contribution >= 4 is 11.6 Å². The molecule has 98 valence electrons. The summed E-state index contributed by atoms with van der Waals surface area (Å²) in [7, 11) is 0. The summed E-state index contributed by atoms with van der Waals surface area (Å²) >= 11 is 5.59. The molecule has 0 atom stereocenters. The van der Waals surface area contributed by atoms with E-state index in [0.717, 1.165) is 37.2 Å². The van der Waals surface area contributed by atoms with Gasteiger partial charge in [-0.15, -0.1) is 11.6 Å². The highest BCUT2D eigenvalue weighted by molar-refractivity contribution is 6.18. The molecule has 0 aliphatic carbocycles. The molecule has 0 unspecified atom stereocenters. The SMILES string of the molecule is CCC(CC)COc1cccc(C#CCCCl)c1. The summed E-state index contributed by atoms with van der Waals surface area (Å²) in [5, 5.41) is 0. The van der Waals surface area contributed by atoms with E-state index in [1.54, 1.807) is 0 Å². The van der Waals surface area contributed by atoms with Gasteiger partial charge in [-0.25, -0.2) is 0 Å². The van der Waals surface area contributed by atoms with Crippen molar-refractivity contribution in [3.05, 3.63) is 29.8 Å². The number of rotatable bonds is 6. The van der Waals surface area contributed by atoms with Crippen molar-refractivity contribution in [3.63, 3.8) is 0 Å². The van der Waals surface area contributed by atoms with E-state index in [1.165, 1.54) is 0 Å². The molecular weight excluding hydrogens is 244 g/mol. The first-order valence-corrected chi connectivity index (χ1v) is 7.11. The Labute approximate surface area is 115 Å². The lowest BCUT2D eigenvalue weighted by molar-refractivity contribution is 0.240. The normalized spacial score (nSPS) is 10.0. The van der Waals surface area contributed by atoms with Gasteiger partial charge in [-0.2, -0.15) is 0 Å². The third-order valence-corrected chi connectivity index (χ3v) is 3.12. The fourth-order valence-corrected chi connectivity index (χ4v) is 1.71. The molecule has 1 aromatic rings. The van der Waals surface area contributed by atoms with E-state index in [9.17, 15) is 0 Å². The molecule has 0 amide bonds. The Morgan fingerprint density at radius 1 is 1.28 bits per heavy atom. The van der Waals surface area contributed by atoms with Gasteiger partial charge in [0, 0.05) is 17.9 Å². The summed E-state index contributed by atoms with van der Waals surface area (Å²) in [5.74, 6) is 8.23. The molecule has 0 saturated carbocycles. The Morgan fingerprint density at radius 3 is 2.72 bits per heavy atom. The van der Waals surface area contributed by atoms with Crippen LogP contribution < -0.4 is 4.74 Å². The number of ether oxygens (including phenoxy) is 1. The van der Waals surface area contributed by atoms with Crippen LogP contribution in [0.5, 0.6) is 5.75 Å². The van der Waals surface area contributed by atoms with Crippen molar-refractivity contribution in [3.8, 4) is 17.6 Å². The Hall–Kier alpha value is -1.13. The zero-order chi connectivity index (χ0) is 13.2. The molecule has 2 heteroatoms. The average molecular weight is 265 g/mol. The monoisotopic (exact) mass is 264 g/mol. The Balaban J connectivity index is 2.57. The summed E-state index contributed by atoms with van der Waals surface area (Å²) in [4.78, 5) is 0. The molecule has 0 N–H and O–H groups in total. The highest BCUT2D eigenvalue weighted by Gasteiger charge is 2.04. The number of halogens is 1. The molecular formula is C16H21ClO. The maximum absolute atomic E-state index is 5.80. The first-order valence-electron chi connectivity index (χ1n) is 6.57. The highest BCUT2D eigenvalue weighted by Crippen LogP contribution is 2.15. The number of alkyl halides is 1. The van der Waals surface area contributed by atoms with E-state index in [-0.39, 0.29) is 0 Å². The molecule has 0 radical (unpaired) electrons. The van der Waals surface area contributed by atoms with E-state index in [4.69, 9.17) is 16.3 Å². The van der Waals surface area contributed by atoms with Crippen LogP contribution in [0.2, 0.25) is 0 Å². The van der Waals surface area contributed by atoms with Gasteiger partial charge in [-0.3, -0.25) is 0 Å². The van der Waals surface area contributed by atoms with Crippen LogP contribution >= 0.6 is 11.6 Å². The van der Waals surface area contributed by atoms with Crippen LogP contribution in [-0.4, -0.2) is 12.5 Å². The van der Waals surface area contributed by atoms with Crippen molar-refractivity contribution in [2.24, 2.45) is 5.92 Å². The molecule has 0 heterocycles. The lowest BCUT2D eigenvalue weighted by Crippen LogP contribution is -2.10. The van der Waals surface area contributed by atoms with Gasteiger partial charge in [0.25, 0.3) is 0 Å². The first kappa shape index (κ1) is 14.9. The van der Waals surface area contributed by atoms with Gasteiger partial charge in [0.2, 0.25) is 0 Å². The second-order valence-corrected chi connectivity index (χ2v) is 4.64. The van der Waals surface area contributed by atoms with Crippen molar-refractivity contribution in [1.82, 2.24) is 0 Å². The van der Waals surface area contributed by atoms with Crippen molar-refractivity contribution < 1.29 is 4.74 Å². The molecule has 1 rings (SSSR count). The predicted octanol–water partition coefficient (Wildman–Crippen LogP) is 4.48. The Bertz CT molecular complexity index is 399. The minimum atomic E-state index is 0.581. The number of benzene rings is 1. The summed E-state index contributed by atoms with van der Waals surface area (Å²) in [6.45, 7) is 5.18. The van der Waals surface area contributed by atoms with E-state index in [2.05, 4.69) is 25.7 Å². The van der Waals surface area contributed by atoms with Crippen LogP contribution in [0.15, 0.2) is 24.3 Å². The zero-order valence-electron chi connectivity index (χ0n) is 11.2. The highest BCUT2D eigenvalue weighted by atomic mass is 35.5. The van der Waals surface area contributed by atoms with E-state index in [0.29, 0.717) is 11.8 Å². The van der Waals surface area contributed by atoms with Gasteiger partial charge in [-0.1, -0.05) is 44.6 Å². The number of hydrogen-bond acceptors (Lipinski definition) is 1. The van der Waals surface area contributed by atoms with Crippen molar-refractivity contribution in [2.75, 3.05) is 12.5 Å². The van der Waals surface area contributed by atoms with E-state index >= 15 is 0 Å². The Kier molecular flexibility index (Phi) is 7.37. The Morgan fingerprint density at radius 2 is 2.06 bits per heavy atom. The average Bonchev–Trinajstić information content (AvgIpc) is 2.41. The molecule has 1 nitrogen and oxygen atoms in total. The molecule has 0 aliphatic rings. The topological polar surface area (TPSA) is 9.23 Å². The smallest absolute Gasteiger partial charge is 0.120 e. The maximum Gasteiger partial charge on any atom is 0.120 e. The van der Waals surface area contributed by atoms with Crippen LogP contribution in [-0.2, 0) is 0 Å². The van der Waals surface area contributed by atoms with Crippen LogP contribution in [0.1, 0.15) is 38.7 Å². The van der Waals surface area contributed by atoms with Gasteiger partial charge in [0.1, 0.15) is 5.75 Å². The fraction of sp³-hybridized carbons (Fsp3) is 0.500. The van der Waals surface area contributed by atoms with Gasteiger partial charge in [0.05, 0.1) is 6.61 Å². The zero-order valence-corrected chi connectivity index (χ0v) is 12.0. The van der Waals surface area contributed by atoms with Crippen molar-refractivity contribution in [2.45, 2.75) is 33.1 Å². The maximum atomic E-state index is 5.80. The van der Waals surface area contributed by atoms with E-state index in [1.807, 2.05) is 24.3 Å². The standard InChI is InChI=1S/C16H21ClO/c1-3-14(4-2)13-18-16-10-7-9-15(12-16)8-5-6-11-17/h7,9-10,12,14H,3-4,6,11,13H2,1-2H3. The van der Waals surface area contributed by atoms with Crippen LogP contribution in [0.3, 0.4) is 0 Å². The fourth-order valence-electron chi connectivity index (χ4n) is 1.61. The van der Waals surface area contributed by atoms with Crippen LogP contribution in [0, 0.1) is 17.8 Å². The molecule has 1 aromatic carbocycles.